The number of nitrogens with zero attached hydrogens (tertiary/aromatic N) is 3. The second-order valence-corrected chi connectivity index (χ2v) is 10.4. The Morgan fingerprint density at radius 3 is 2.87 bits per heavy atom. The Hall–Kier alpha value is -2.19. The van der Waals surface area contributed by atoms with Crippen LogP contribution in [0, 0.1) is 5.92 Å². The summed E-state index contributed by atoms with van der Waals surface area (Å²) in [5.74, 6) is 1.06. The second kappa shape index (κ2) is 9.75. The molecular formula is C22H32N4O3S. The van der Waals surface area contributed by atoms with E-state index in [-0.39, 0.29) is 24.1 Å². The number of rotatable bonds is 8. The summed E-state index contributed by atoms with van der Waals surface area (Å²) in [6.07, 6.45) is 5.77. The molecule has 7 nitrogen and oxygen atoms in total. The van der Waals surface area contributed by atoms with Crippen molar-refractivity contribution < 1.29 is 13.2 Å². The van der Waals surface area contributed by atoms with Gasteiger partial charge in [0.25, 0.3) is 0 Å². The van der Waals surface area contributed by atoms with E-state index in [0.717, 1.165) is 17.1 Å². The summed E-state index contributed by atoms with van der Waals surface area (Å²) in [5, 5.41) is 2.99. The molecule has 0 spiro atoms. The van der Waals surface area contributed by atoms with E-state index in [4.69, 9.17) is 0 Å². The van der Waals surface area contributed by atoms with E-state index in [9.17, 15) is 13.2 Å². The number of hydrogen-bond donors (Lipinski definition) is 1. The zero-order valence-corrected chi connectivity index (χ0v) is 18.9. The number of imidazole rings is 1. The summed E-state index contributed by atoms with van der Waals surface area (Å²) >= 11 is 0. The van der Waals surface area contributed by atoms with Crippen LogP contribution >= 0.6 is 0 Å². The van der Waals surface area contributed by atoms with Gasteiger partial charge < -0.3 is 9.88 Å². The highest BCUT2D eigenvalue weighted by Crippen LogP contribution is 2.22. The van der Waals surface area contributed by atoms with Gasteiger partial charge in [0.15, 0.2) is 0 Å². The predicted molar refractivity (Wildman–Crippen MR) is 119 cm³/mol. The van der Waals surface area contributed by atoms with Crippen molar-refractivity contribution in [1.82, 2.24) is 13.9 Å². The molecule has 1 aliphatic heterocycles. The molecule has 164 valence electrons. The van der Waals surface area contributed by atoms with Crippen LogP contribution in [-0.2, 0) is 21.4 Å². The largest absolute Gasteiger partial charge is 0.330 e. The molecule has 1 aliphatic rings. The first-order valence-corrected chi connectivity index (χ1v) is 12.3. The molecule has 1 amide bonds. The van der Waals surface area contributed by atoms with Gasteiger partial charge in [-0.1, -0.05) is 32.9 Å². The Labute approximate surface area is 179 Å². The lowest BCUT2D eigenvalue weighted by Gasteiger charge is -2.31. The van der Waals surface area contributed by atoms with E-state index in [0.29, 0.717) is 38.3 Å². The van der Waals surface area contributed by atoms with Gasteiger partial charge in [-0.3, -0.25) is 4.79 Å². The second-order valence-electron chi connectivity index (χ2n) is 8.27. The molecular weight excluding hydrogens is 400 g/mol. The Bertz CT molecular complexity index is 968. The van der Waals surface area contributed by atoms with Gasteiger partial charge in [-0.2, -0.15) is 0 Å². The Morgan fingerprint density at radius 1 is 1.33 bits per heavy atom. The summed E-state index contributed by atoms with van der Waals surface area (Å²) < 4.78 is 28.3. The summed E-state index contributed by atoms with van der Waals surface area (Å²) in [6.45, 7) is 7.54. The molecule has 0 aliphatic carbocycles. The first kappa shape index (κ1) is 22.5. The van der Waals surface area contributed by atoms with Gasteiger partial charge in [0, 0.05) is 43.6 Å². The fourth-order valence-electron chi connectivity index (χ4n) is 3.94. The average Bonchev–Trinajstić information content (AvgIpc) is 3.17. The zero-order valence-electron chi connectivity index (χ0n) is 18.0. The quantitative estimate of drug-likeness (QED) is 0.692. The van der Waals surface area contributed by atoms with Crippen molar-refractivity contribution >= 4 is 21.6 Å². The maximum Gasteiger partial charge on any atom is 0.228 e. The SMILES string of the molecule is CCCS(=O)(=O)N1CCCC(C(=O)Nc2cccc(Cn3ccnc3C(C)C)c2)C1. The zero-order chi connectivity index (χ0) is 21.7. The van der Waals surface area contributed by atoms with Crippen molar-refractivity contribution in [3.05, 3.63) is 48.0 Å². The summed E-state index contributed by atoms with van der Waals surface area (Å²) in [5.41, 5.74) is 1.81. The standard InChI is InChI=1S/C22H32N4O3S/c1-4-13-30(28,29)26-11-6-8-19(16-26)22(27)24-20-9-5-7-18(14-20)15-25-12-10-23-21(25)17(2)3/h5,7,9-10,12,14,17,19H,4,6,8,11,13,15-16H2,1-3H3,(H,24,27). The monoisotopic (exact) mass is 432 g/mol. The first-order valence-electron chi connectivity index (χ1n) is 10.7. The number of piperidine rings is 1. The number of carbonyl (C=O) groups is 1. The summed E-state index contributed by atoms with van der Waals surface area (Å²) in [7, 11) is -3.28. The van der Waals surface area contributed by atoms with Gasteiger partial charge in [0.05, 0.1) is 11.7 Å². The molecule has 1 saturated heterocycles. The van der Waals surface area contributed by atoms with Crippen molar-refractivity contribution in [3.8, 4) is 0 Å². The molecule has 1 N–H and O–H groups in total. The van der Waals surface area contributed by atoms with Gasteiger partial charge in [0.2, 0.25) is 15.9 Å². The third-order valence-electron chi connectivity index (χ3n) is 5.42. The number of hydrogen-bond acceptors (Lipinski definition) is 4. The molecule has 8 heteroatoms. The highest BCUT2D eigenvalue weighted by Gasteiger charge is 2.31. The number of carbonyl (C=O) groups excluding carboxylic acids is 1. The van der Waals surface area contributed by atoms with Crippen molar-refractivity contribution in [2.75, 3.05) is 24.2 Å². The van der Waals surface area contributed by atoms with E-state index >= 15 is 0 Å². The third-order valence-corrected chi connectivity index (χ3v) is 7.46. The molecule has 30 heavy (non-hydrogen) atoms. The number of anilines is 1. The van der Waals surface area contributed by atoms with Gasteiger partial charge in [-0.25, -0.2) is 17.7 Å². The molecule has 1 fully saturated rings. The lowest BCUT2D eigenvalue weighted by atomic mass is 9.98. The number of sulfonamides is 1. The van der Waals surface area contributed by atoms with Crippen LogP contribution in [0.2, 0.25) is 0 Å². The van der Waals surface area contributed by atoms with Crippen molar-refractivity contribution in [1.29, 1.82) is 0 Å². The van der Waals surface area contributed by atoms with Crippen molar-refractivity contribution in [2.45, 2.75) is 52.5 Å². The van der Waals surface area contributed by atoms with Gasteiger partial charge >= 0.3 is 0 Å². The molecule has 1 aromatic carbocycles. The third kappa shape index (κ3) is 5.49. The molecule has 3 rings (SSSR count). The maximum atomic E-state index is 12.8. The Kier molecular flexibility index (Phi) is 7.31. The highest BCUT2D eigenvalue weighted by atomic mass is 32.2. The topological polar surface area (TPSA) is 84.3 Å². The maximum absolute atomic E-state index is 12.8. The lowest BCUT2D eigenvalue weighted by Crippen LogP contribution is -2.44. The normalized spacial score (nSPS) is 17.9. The van der Waals surface area contributed by atoms with Gasteiger partial charge in [-0.15, -0.1) is 0 Å². The fourth-order valence-corrected chi connectivity index (χ4v) is 5.53. The van der Waals surface area contributed by atoms with Crippen LogP contribution in [0.15, 0.2) is 36.7 Å². The molecule has 1 aromatic heterocycles. The van der Waals surface area contributed by atoms with Crippen LogP contribution < -0.4 is 5.32 Å². The van der Waals surface area contributed by atoms with E-state index in [1.54, 1.807) is 0 Å². The van der Waals surface area contributed by atoms with Crippen molar-refractivity contribution in [2.24, 2.45) is 5.92 Å². The number of amides is 1. The number of benzene rings is 1. The van der Waals surface area contributed by atoms with E-state index in [2.05, 4.69) is 28.7 Å². The van der Waals surface area contributed by atoms with Crippen LogP contribution in [0.1, 0.15) is 57.3 Å². The highest BCUT2D eigenvalue weighted by molar-refractivity contribution is 7.89. The molecule has 1 atom stereocenters. The van der Waals surface area contributed by atoms with Gasteiger partial charge in [-0.05, 0) is 37.0 Å². The predicted octanol–water partition coefficient (Wildman–Crippen LogP) is 3.45. The number of aromatic nitrogens is 2. The molecule has 0 radical (unpaired) electrons. The molecule has 1 unspecified atom stereocenters. The molecule has 0 saturated carbocycles. The average molecular weight is 433 g/mol. The van der Waals surface area contributed by atoms with Crippen molar-refractivity contribution in [3.63, 3.8) is 0 Å². The van der Waals surface area contributed by atoms with Crippen LogP contribution in [0.5, 0.6) is 0 Å². The lowest BCUT2D eigenvalue weighted by molar-refractivity contribution is -0.120. The fraction of sp³-hybridized carbons (Fsp3) is 0.545. The van der Waals surface area contributed by atoms with Crippen LogP contribution in [0.4, 0.5) is 5.69 Å². The van der Waals surface area contributed by atoms with Crippen LogP contribution in [-0.4, -0.2) is 47.0 Å². The van der Waals surface area contributed by atoms with E-state index in [1.807, 2.05) is 43.6 Å². The molecule has 2 aromatic rings. The summed E-state index contributed by atoms with van der Waals surface area (Å²) in [4.78, 5) is 17.2. The molecule has 2 heterocycles. The van der Waals surface area contributed by atoms with Crippen LogP contribution in [0.3, 0.4) is 0 Å². The summed E-state index contributed by atoms with van der Waals surface area (Å²) in [6, 6.07) is 7.79. The van der Waals surface area contributed by atoms with E-state index < -0.39 is 10.0 Å². The van der Waals surface area contributed by atoms with E-state index in [1.165, 1.54) is 4.31 Å². The Morgan fingerprint density at radius 2 is 2.13 bits per heavy atom. The minimum atomic E-state index is -3.28. The smallest absolute Gasteiger partial charge is 0.228 e. The van der Waals surface area contributed by atoms with Gasteiger partial charge in [0.1, 0.15) is 5.82 Å². The van der Waals surface area contributed by atoms with Crippen LogP contribution in [0.25, 0.3) is 0 Å². The minimum Gasteiger partial charge on any atom is -0.330 e. The Balaban J connectivity index is 1.65. The molecule has 0 bridgehead atoms. The minimum absolute atomic E-state index is 0.117. The first-order chi connectivity index (χ1) is 14.3. The number of nitrogens with one attached hydrogen (secondary N) is 1.